The van der Waals surface area contributed by atoms with Gasteiger partial charge in [-0.15, -0.1) is 0 Å². The highest BCUT2D eigenvalue weighted by molar-refractivity contribution is 5.38. The summed E-state index contributed by atoms with van der Waals surface area (Å²) in [5.74, 6) is 0.827. The fourth-order valence-electron chi connectivity index (χ4n) is 2.79. The molecule has 1 heterocycles. The normalized spacial score (nSPS) is 21.1. The van der Waals surface area contributed by atoms with Gasteiger partial charge < -0.3 is 14.9 Å². The van der Waals surface area contributed by atoms with Gasteiger partial charge in [0.2, 0.25) is 0 Å². The third-order valence-corrected chi connectivity index (χ3v) is 4.19. The molecule has 0 amide bonds. The number of aliphatic hydroxyl groups is 2. The van der Waals surface area contributed by atoms with Crippen LogP contribution in [0.25, 0.3) is 0 Å². The maximum atomic E-state index is 10.1. The highest BCUT2D eigenvalue weighted by Gasteiger charge is 2.22. The van der Waals surface area contributed by atoms with E-state index in [1.165, 1.54) is 5.56 Å². The molecule has 1 aromatic carbocycles. The average molecular weight is 307 g/mol. The Morgan fingerprint density at radius 2 is 2.09 bits per heavy atom. The standard InChI is InChI=1S/C18H29NO3/c1-13-9-14(18(2,3)4)5-6-17(13)22-12-16(21)11-19-8-7-15(20)10-19/h5-6,9,15-16,20-21H,7-8,10-12H2,1-4H3/t15-,16?/m0/s1. The first-order valence-corrected chi connectivity index (χ1v) is 8.08. The number of β-amino-alcohol motifs (C(OH)–C–C–N with tert-alkyl or cyclic N) is 2. The van der Waals surface area contributed by atoms with E-state index in [9.17, 15) is 10.2 Å². The molecular weight excluding hydrogens is 278 g/mol. The number of hydrogen-bond donors (Lipinski definition) is 2. The molecule has 2 atom stereocenters. The van der Waals surface area contributed by atoms with Gasteiger partial charge in [-0.25, -0.2) is 0 Å². The molecule has 0 aromatic heterocycles. The quantitative estimate of drug-likeness (QED) is 0.875. The largest absolute Gasteiger partial charge is 0.491 e. The summed E-state index contributed by atoms with van der Waals surface area (Å²) >= 11 is 0. The van der Waals surface area contributed by atoms with Crippen molar-refractivity contribution in [2.24, 2.45) is 0 Å². The fourth-order valence-corrected chi connectivity index (χ4v) is 2.79. The first-order chi connectivity index (χ1) is 10.3. The van der Waals surface area contributed by atoms with Crippen LogP contribution in [0, 0.1) is 6.92 Å². The second kappa shape index (κ2) is 6.99. The van der Waals surface area contributed by atoms with Crippen molar-refractivity contribution in [3.63, 3.8) is 0 Å². The van der Waals surface area contributed by atoms with E-state index in [4.69, 9.17) is 4.74 Å². The van der Waals surface area contributed by atoms with Gasteiger partial charge in [0.05, 0.1) is 6.10 Å². The predicted octanol–water partition coefficient (Wildman–Crippen LogP) is 2.10. The minimum Gasteiger partial charge on any atom is -0.491 e. The van der Waals surface area contributed by atoms with Gasteiger partial charge in [-0.05, 0) is 36.0 Å². The van der Waals surface area contributed by atoms with Gasteiger partial charge in [0.15, 0.2) is 0 Å². The predicted molar refractivity (Wildman–Crippen MR) is 88.4 cm³/mol. The van der Waals surface area contributed by atoms with Gasteiger partial charge in [0.1, 0.15) is 18.5 Å². The Bertz CT molecular complexity index is 496. The summed E-state index contributed by atoms with van der Waals surface area (Å²) in [6.45, 7) is 10.9. The highest BCUT2D eigenvalue weighted by atomic mass is 16.5. The maximum absolute atomic E-state index is 10.1. The van der Waals surface area contributed by atoms with Crippen molar-refractivity contribution < 1.29 is 14.9 Å². The zero-order chi connectivity index (χ0) is 16.3. The molecular formula is C18H29NO3. The van der Waals surface area contributed by atoms with Gasteiger partial charge in [-0.1, -0.05) is 32.9 Å². The number of ether oxygens (including phenoxy) is 1. The number of aliphatic hydroxyl groups excluding tert-OH is 2. The summed E-state index contributed by atoms with van der Waals surface area (Å²) in [4.78, 5) is 2.08. The summed E-state index contributed by atoms with van der Waals surface area (Å²) in [7, 11) is 0. The minimum atomic E-state index is -0.535. The van der Waals surface area contributed by atoms with E-state index in [-0.39, 0.29) is 18.1 Å². The van der Waals surface area contributed by atoms with Crippen molar-refractivity contribution in [1.82, 2.24) is 4.90 Å². The molecule has 1 unspecified atom stereocenters. The smallest absolute Gasteiger partial charge is 0.122 e. The first kappa shape index (κ1) is 17.3. The molecule has 0 radical (unpaired) electrons. The van der Waals surface area contributed by atoms with Gasteiger partial charge >= 0.3 is 0 Å². The summed E-state index contributed by atoms with van der Waals surface area (Å²) in [5.41, 5.74) is 2.50. The SMILES string of the molecule is Cc1cc(C(C)(C)C)ccc1OCC(O)CN1CC[C@H](O)C1. The number of hydrogen-bond acceptors (Lipinski definition) is 4. The van der Waals surface area contributed by atoms with Gasteiger partial charge in [0, 0.05) is 19.6 Å². The lowest BCUT2D eigenvalue weighted by atomic mass is 9.86. The van der Waals surface area contributed by atoms with E-state index in [0.717, 1.165) is 24.3 Å². The minimum absolute atomic E-state index is 0.124. The summed E-state index contributed by atoms with van der Waals surface area (Å²) in [5, 5.41) is 19.6. The third-order valence-electron chi connectivity index (χ3n) is 4.19. The highest BCUT2D eigenvalue weighted by Crippen LogP contribution is 2.27. The lowest BCUT2D eigenvalue weighted by Crippen LogP contribution is -2.34. The van der Waals surface area contributed by atoms with E-state index < -0.39 is 6.10 Å². The fraction of sp³-hybridized carbons (Fsp3) is 0.667. The Kier molecular flexibility index (Phi) is 5.48. The van der Waals surface area contributed by atoms with E-state index in [1.807, 2.05) is 13.0 Å². The van der Waals surface area contributed by atoms with Crippen molar-refractivity contribution in [2.45, 2.75) is 51.7 Å². The summed E-state index contributed by atoms with van der Waals surface area (Å²) in [6.07, 6.45) is 0.00770. The maximum Gasteiger partial charge on any atom is 0.122 e. The molecule has 0 bridgehead atoms. The molecule has 1 aliphatic heterocycles. The van der Waals surface area contributed by atoms with Crippen LogP contribution < -0.4 is 4.74 Å². The van der Waals surface area contributed by atoms with Crippen molar-refractivity contribution in [2.75, 3.05) is 26.2 Å². The molecule has 1 fully saturated rings. The molecule has 1 saturated heterocycles. The van der Waals surface area contributed by atoms with Crippen LogP contribution in [0.5, 0.6) is 5.75 Å². The van der Waals surface area contributed by atoms with Crippen LogP contribution in [0.2, 0.25) is 0 Å². The van der Waals surface area contributed by atoms with Crippen LogP contribution in [0.3, 0.4) is 0 Å². The van der Waals surface area contributed by atoms with Crippen LogP contribution >= 0.6 is 0 Å². The van der Waals surface area contributed by atoms with E-state index in [2.05, 4.69) is 37.8 Å². The summed E-state index contributed by atoms with van der Waals surface area (Å²) in [6, 6.07) is 6.23. The van der Waals surface area contributed by atoms with E-state index in [0.29, 0.717) is 13.1 Å². The number of rotatable bonds is 5. The van der Waals surface area contributed by atoms with Gasteiger partial charge in [0.25, 0.3) is 0 Å². The number of likely N-dealkylation sites (tertiary alicyclic amines) is 1. The number of nitrogens with zero attached hydrogens (tertiary/aromatic N) is 1. The van der Waals surface area contributed by atoms with Crippen molar-refractivity contribution in [1.29, 1.82) is 0 Å². The van der Waals surface area contributed by atoms with Crippen molar-refractivity contribution >= 4 is 0 Å². The molecule has 1 aliphatic rings. The lowest BCUT2D eigenvalue weighted by Gasteiger charge is -2.22. The lowest BCUT2D eigenvalue weighted by molar-refractivity contribution is 0.0705. The third kappa shape index (κ3) is 4.70. The molecule has 2 rings (SSSR count). The number of aryl methyl sites for hydroxylation is 1. The van der Waals surface area contributed by atoms with Crippen LogP contribution in [0.1, 0.15) is 38.3 Å². The molecule has 4 heteroatoms. The zero-order valence-electron chi connectivity index (χ0n) is 14.2. The average Bonchev–Trinajstić information content (AvgIpc) is 2.81. The Hall–Kier alpha value is -1.10. The van der Waals surface area contributed by atoms with Gasteiger partial charge in [-0.3, -0.25) is 4.90 Å². The molecule has 124 valence electrons. The molecule has 1 aromatic rings. The molecule has 0 saturated carbocycles. The second-order valence-electron chi connectivity index (χ2n) is 7.40. The Labute approximate surface area is 133 Å². The van der Waals surface area contributed by atoms with Crippen LogP contribution in [-0.4, -0.2) is 53.6 Å². The Morgan fingerprint density at radius 1 is 1.36 bits per heavy atom. The summed E-state index contributed by atoms with van der Waals surface area (Å²) < 4.78 is 5.76. The van der Waals surface area contributed by atoms with E-state index in [1.54, 1.807) is 0 Å². The first-order valence-electron chi connectivity index (χ1n) is 8.08. The van der Waals surface area contributed by atoms with Crippen LogP contribution in [0.4, 0.5) is 0 Å². The molecule has 0 aliphatic carbocycles. The molecule has 22 heavy (non-hydrogen) atoms. The second-order valence-corrected chi connectivity index (χ2v) is 7.40. The van der Waals surface area contributed by atoms with E-state index >= 15 is 0 Å². The van der Waals surface area contributed by atoms with Crippen LogP contribution in [-0.2, 0) is 5.41 Å². The zero-order valence-corrected chi connectivity index (χ0v) is 14.2. The topological polar surface area (TPSA) is 52.9 Å². The van der Waals surface area contributed by atoms with Crippen LogP contribution in [0.15, 0.2) is 18.2 Å². The van der Waals surface area contributed by atoms with Gasteiger partial charge in [-0.2, -0.15) is 0 Å². The molecule has 4 nitrogen and oxygen atoms in total. The van der Waals surface area contributed by atoms with Crippen molar-refractivity contribution in [3.05, 3.63) is 29.3 Å². The molecule has 0 spiro atoms. The Balaban J connectivity index is 1.86. The number of benzene rings is 1. The Morgan fingerprint density at radius 3 is 2.64 bits per heavy atom. The molecule has 2 N–H and O–H groups in total. The monoisotopic (exact) mass is 307 g/mol. The van der Waals surface area contributed by atoms with Crippen molar-refractivity contribution in [3.8, 4) is 5.75 Å².